The molecule has 0 aliphatic heterocycles. The van der Waals surface area contributed by atoms with Crippen LogP contribution in [0.2, 0.25) is 0 Å². The van der Waals surface area contributed by atoms with E-state index in [0.717, 1.165) is 0 Å². The lowest BCUT2D eigenvalue weighted by Crippen LogP contribution is -2.22. The summed E-state index contributed by atoms with van der Waals surface area (Å²) in [6, 6.07) is 6.08. The average molecular weight is 293 g/mol. The van der Waals surface area contributed by atoms with E-state index in [2.05, 4.69) is 5.32 Å². The lowest BCUT2D eigenvalue weighted by Gasteiger charge is -2.15. The maximum atomic E-state index is 11.8. The average Bonchev–Trinajstić information content (AvgIpc) is 2.38. The Hall–Kier alpha value is -2.37. The molecule has 1 atom stereocenters. The van der Waals surface area contributed by atoms with E-state index in [1.165, 1.54) is 12.1 Å². The molecular formula is C15H19NO5. The second-order valence-corrected chi connectivity index (χ2v) is 5.13. The van der Waals surface area contributed by atoms with Gasteiger partial charge < -0.3 is 15.5 Å². The van der Waals surface area contributed by atoms with Gasteiger partial charge in [-0.25, -0.2) is 4.79 Å². The number of para-hydroxylation sites is 1. The fourth-order valence-electron chi connectivity index (χ4n) is 2.02. The summed E-state index contributed by atoms with van der Waals surface area (Å²) in [7, 11) is 0. The van der Waals surface area contributed by atoms with Gasteiger partial charge in [-0.3, -0.25) is 9.59 Å². The third-order valence-corrected chi connectivity index (χ3v) is 3.24. The molecule has 1 rings (SSSR count). The van der Waals surface area contributed by atoms with Crippen LogP contribution in [0.25, 0.3) is 0 Å². The highest BCUT2D eigenvalue weighted by atomic mass is 16.4. The number of carboxylic acid groups (broad SMARTS) is 2. The van der Waals surface area contributed by atoms with Gasteiger partial charge in [0.15, 0.2) is 0 Å². The highest BCUT2D eigenvalue weighted by Crippen LogP contribution is 2.19. The summed E-state index contributed by atoms with van der Waals surface area (Å²) < 4.78 is 0. The number of carbonyl (C=O) groups is 3. The number of anilines is 1. The summed E-state index contributed by atoms with van der Waals surface area (Å²) in [6.07, 6.45) is 0.247. The molecule has 114 valence electrons. The number of hydrogen-bond acceptors (Lipinski definition) is 3. The summed E-state index contributed by atoms with van der Waals surface area (Å²) in [5, 5.41) is 20.6. The number of aliphatic carboxylic acids is 1. The molecule has 6 heteroatoms. The van der Waals surface area contributed by atoms with Gasteiger partial charge in [-0.1, -0.05) is 26.0 Å². The Balaban J connectivity index is 2.66. The second kappa shape index (κ2) is 7.42. The van der Waals surface area contributed by atoms with Crippen LogP contribution in [0.4, 0.5) is 5.69 Å². The van der Waals surface area contributed by atoms with Gasteiger partial charge in [-0.2, -0.15) is 0 Å². The number of carboxylic acids is 2. The smallest absolute Gasteiger partial charge is 0.337 e. The largest absolute Gasteiger partial charge is 0.481 e. The number of benzene rings is 1. The Morgan fingerprint density at radius 1 is 1.14 bits per heavy atom. The van der Waals surface area contributed by atoms with Crippen LogP contribution in [-0.4, -0.2) is 28.1 Å². The Labute approximate surface area is 122 Å². The zero-order chi connectivity index (χ0) is 16.0. The summed E-state index contributed by atoms with van der Waals surface area (Å²) >= 11 is 0. The number of carbonyl (C=O) groups excluding carboxylic acids is 1. The predicted molar refractivity (Wildman–Crippen MR) is 77.2 cm³/mol. The third-order valence-electron chi connectivity index (χ3n) is 3.24. The van der Waals surface area contributed by atoms with Crippen molar-refractivity contribution in [2.24, 2.45) is 11.8 Å². The second-order valence-electron chi connectivity index (χ2n) is 5.13. The molecule has 1 amide bonds. The van der Waals surface area contributed by atoms with E-state index in [1.54, 1.807) is 26.0 Å². The lowest BCUT2D eigenvalue weighted by atomic mass is 9.91. The van der Waals surface area contributed by atoms with Crippen LogP contribution in [0.1, 0.15) is 37.0 Å². The number of amides is 1. The zero-order valence-corrected chi connectivity index (χ0v) is 12.0. The number of nitrogens with one attached hydrogen (secondary N) is 1. The van der Waals surface area contributed by atoms with Gasteiger partial charge in [0.2, 0.25) is 5.91 Å². The predicted octanol–water partition coefficient (Wildman–Crippen LogP) is 2.46. The molecule has 0 aliphatic carbocycles. The molecule has 6 nitrogen and oxygen atoms in total. The van der Waals surface area contributed by atoms with Crippen LogP contribution in [0.3, 0.4) is 0 Å². The Morgan fingerprint density at radius 2 is 1.76 bits per heavy atom. The molecule has 0 bridgehead atoms. The van der Waals surface area contributed by atoms with Gasteiger partial charge in [0, 0.05) is 6.42 Å². The molecule has 0 saturated carbocycles. The molecule has 21 heavy (non-hydrogen) atoms. The van der Waals surface area contributed by atoms with Crippen LogP contribution in [0, 0.1) is 11.8 Å². The van der Waals surface area contributed by atoms with Crippen molar-refractivity contribution >= 4 is 23.5 Å². The first-order chi connectivity index (χ1) is 9.82. The van der Waals surface area contributed by atoms with Crippen molar-refractivity contribution in [2.45, 2.75) is 26.7 Å². The first kappa shape index (κ1) is 16.7. The van der Waals surface area contributed by atoms with Crippen molar-refractivity contribution in [3.8, 4) is 0 Å². The van der Waals surface area contributed by atoms with E-state index in [0.29, 0.717) is 0 Å². The van der Waals surface area contributed by atoms with Gasteiger partial charge in [-0.05, 0) is 24.5 Å². The lowest BCUT2D eigenvalue weighted by molar-refractivity contribution is -0.143. The Morgan fingerprint density at radius 3 is 2.29 bits per heavy atom. The van der Waals surface area contributed by atoms with E-state index in [-0.39, 0.29) is 30.0 Å². The minimum absolute atomic E-state index is 0.00416. The first-order valence-corrected chi connectivity index (χ1v) is 6.68. The van der Waals surface area contributed by atoms with Crippen LogP contribution in [0.5, 0.6) is 0 Å². The minimum Gasteiger partial charge on any atom is -0.481 e. The molecule has 0 radical (unpaired) electrons. The molecule has 3 N–H and O–H groups in total. The van der Waals surface area contributed by atoms with Crippen molar-refractivity contribution < 1.29 is 24.6 Å². The van der Waals surface area contributed by atoms with Crippen LogP contribution >= 0.6 is 0 Å². The summed E-state index contributed by atoms with van der Waals surface area (Å²) in [5.41, 5.74) is 0.218. The van der Waals surface area contributed by atoms with Crippen LogP contribution < -0.4 is 5.32 Å². The maximum absolute atomic E-state index is 11.8. The molecule has 0 heterocycles. The molecule has 0 aliphatic rings. The van der Waals surface area contributed by atoms with E-state index in [1.807, 2.05) is 0 Å². The maximum Gasteiger partial charge on any atom is 0.337 e. The highest BCUT2D eigenvalue weighted by molar-refractivity contribution is 6.00. The molecule has 1 aromatic rings. The zero-order valence-electron chi connectivity index (χ0n) is 12.0. The molecule has 0 fully saturated rings. The minimum atomic E-state index is -1.13. The van der Waals surface area contributed by atoms with Crippen molar-refractivity contribution in [3.05, 3.63) is 29.8 Å². The summed E-state index contributed by atoms with van der Waals surface area (Å²) in [4.78, 5) is 33.9. The topological polar surface area (TPSA) is 104 Å². The fraction of sp³-hybridized carbons (Fsp3) is 0.400. The van der Waals surface area contributed by atoms with Gasteiger partial charge >= 0.3 is 11.9 Å². The Bertz CT molecular complexity index is 539. The van der Waals surface area contributed by atoms with Gasteiger partial charge in [0.25, 0.3) is 0 Å². The Kier molecular flexibility index (Phi) is 5.90. The van der Waals surface area contributed by atoms with Gasteiger partial charge in [0.1, 0.15) is 0 Å². The molecule has 0 aromatic heterocycles. The monoisotopic (exact) mass is 293 g/mol. The normalized spacial score (nSPS) is 12.0. The first-order valence-electron chi connectivity index (χ1n) is 6.68. The molecule has 1 aromatic carbocycles. The summed E-state index contributed by atoms with van der Waals surface area (Å²) in [6.45, 7) is 3.58. The highest BCUT2D eigenvalue weighted by Gasteiger charge is 2.22. The third kappa shape index (κ3) is 4.91. The summed E-state index contributed by atoms with van der Waals surface area (Å²) in [5.74, 6) is -3.11. The van der Waals surface area contributed by atoms with Crippen molar-refractivity contribution in [1.29, 1.82) is 0 Å². The number of aromatic carboxylic acids is 1. The van der Waals surface area contributed by atoms with E-state index >= 15 is 0 Å². The molecule has 0 spiro atoms. The van der Waals surface area contributed by atoms with Crippen molar-refractivity contribution in [1.82, 2.24) is 0 Å². The van der Waals surface area contributed by atoms with E-state index in [4.69, 9.17) is 10.2 Å². The van der Waals surface area contributed by atoms with E-state index in [9.17, 15) is 14.4 Å². The number of rotatable bonds is 7. The van der Waals surface area contributed by atoms with Crippen LogP contribution in [0.15, 0.2) is 24.3 Å². The molecular weight excluding hydrogens is 274 g/mol. The van der Waals surface area contributed by atoms with Gasteiger partial charge in [-0.15, -0.1) is 0 Å². The fourth-order valence-corrected chi connectivity index (χ4v) is 2.02. The molecule has 0 unspecified atom stereocenters. The van der Waals surface area contributed by atoms with Crippen molar-refractivity contribution in [3.63, 3.8) is 0 Å². The van der Waals surface area contributed by atoms with Gasteiger partial charge in [0.05, 0.1) is 17.2 Å². The quantitative estimate of drug-likeness (QED) is 0.716. The SMILES string of the molecule is CC(C)[C@H](CCC(=O)Nc1ccccc1C(=O)O)C(=O)O. The molecule has 0 saturated heterocycles. The standard InChI is InChI=1S/C15H19NO5/c1-9(2)10(14(18)19)7-8-13(17)16-12-6-4-3-5-11(12)15(20)21/h3-6,9-10H,7-8H2,1-2H3,(H,16,17)(H,18,19)(H,20,21)/t10-/m0/s1. The van der Waals surface area contributed by atoms with E-state index < -0.39 is 23.8 Å². The number of hydrogen-bond donors (Lipinski definition) is 3. The van der Waals surface area contributed by atoms with Crippen molar-refractivity contribution in [2.75, 3.05) is 5.32 Å². The van der Waals surface area contributed by atoms with Crippen LogP contribution in [-0.2, 0) is 9.59 Å².